The Hall–Kier alpha value is -0.0900. The highest BCUT2D eigenvalue weighted by Gasteiger charge is 2.20. The lowest BCUT2D eigenvalue weighted by molar-refractivity contribution is 0.758. The maximum Gasteiger partial charge on any atom is 0.140 e. The number of hydrogen-bond donors (Lipinski definition) is 1. The lowest BCUT2D eigenvalue weighted by Gasteiger charge is -2.06. The van der Waals surface area contributed by atoms with Crippen LogP contribution in [0.2, 0.25) is 0 Å². The fraction of sp³-hybridized carbons (Fsp3) is 0.500. The molecule has 0 spiro atoms. The van der Waals surface area contributed by atoms with Crippen LogP contribution in [0.25, 0.3) is 0 Å². The quantitative estimate of drug-likeness (QED) is 0.912. The maximum absolute atomic E-state index is 4.29. The second kappa shape index (κ2) is 4.62. The van der Waals surface area contributed by atoms with Crippen LogP contribution in [0.5, 0.6) is 0 Å². The van der Waals surface area contributed by atoms with Crippen LogP contribution in [0, 0.1) is 5.92 Å². The van der Waals surface area contributed by atoms with E-state index in [0.29, 0.717) is 0 Å². The summed E-state index contributed by atoms with van der Waals surface area (Å²) >= 11 is 6.85. The van der Waals surface area contributed by atoms with Gasteiger partial charge in [0.15, 0.2) is 0 Å². The average Bonchev–Trinajstić information content (AvgIpc) is 2.92. The van der Waals surface area contributed by atoms with Crippen molar-refractivity contribution in [3.8, 4) is 0 Å². The lowest BCUT2D eigenvalue weighted by Crippen LogP contribution is -2.04. The molecule has 1 aliphatic rings. The van der Waals surface area contributed by atoms with E-state index in [4.69, 9.17) is 0 Å². The molecule has 0 radical (unpaired) electrons. The Morgan fingerprint density at radius 3 is 2.86 bits per heavy atom. The van der Waals surface area contributed by atoms with Gasteiger partial charge in [0.1, 0.15) is 5.82 Å². The Balaban J connectivity index is 1.87. The van der Waals surface area contributed by atoms with Crippen LogP contribution in [0.1, 0.15) is 19.3 Å². The van der Waals surface area contributed by atoms with Gasteiger partial charge in [0.05, 0.1) is 4.47 Å². The monoisotopic (exact) mass is 318 g/mol. The van der Waals surface area contributed by atoms with Gasteiger partial charge in [-0.15, -0.1) is 0 Å². The van der Waals surface area contributed by atoms with Crippen LogP contribution < -0.4 is 5.32 Å². The van der Waals surface area contributed by atoms with Crippen LogP contribution in [-0.2, 0) is 0 Å². The van der Waals surface area contributed by atoms with Crippen molar-refractivity contribution < 1.29 is 0 Å². The number of halogens is 2. The molecule has 0 bridgehead atoms. The summed E-state index contributed by atoms with van der Waals surface area (Å²) in [5.74, 6) is 1.91. The van der Waals surface area contributed by atoms with E-state index in [1.54, 1.807) is 0 Å². The molecule has 0 amide bonds. The van der Waals surface area contributed by atoms with Gasteiger partial charge in [0.25, 0.3) is 0 Å². The van der Waals surface area contributed by atoms with Gasteiger partial charge in [-0.05, 0) is 50.3 Å². The Labute approximate surface area is 101 Å². The standard InChI is InChI=1S/C10H12Br2N2/c11-8-5-9(12)10(14-6-8)13-4-3-7-1-2-7/h5-7H,1-4H2,(H,13,14). The first kappa shape index (κ1) is 10.4. The molecule has 4 heteroatoms. The highest BCUT2D eigenvalue weighted by atomic mass is 79.9. The third-order valence-corrected chi connectivity index (χ3v) is 3.39. The predicted octanol–water partition coefficient (Wildman–Crippen LogP) is 3.82. The van der Waals surface area contributed by atoms with Gasteiger partial charge in [0.2, 0.25) is 0 Å². The number of nitrogens with zero attached hydrogens (tertiary/aromatic N) is 1. The van der Waals surface area contributed by atoms with E-state index < -0.39 is 0 Å². The Morgan fingerprint density at radius 1 is 1.43 bits per heavy atom. The lowest BCUT2D eigenvalue weighted by atomic mass is 10.3. The summed E-state index contributed by atoms with van der Waals surface area (Å²) < 4.78 is 2.01. The summed E-state index contributed by atoms with van der Waals surface area (Å²) in [4.78, 5) is 4.29. The minimum Gasteiger partial charge on any atom is -0.369 e. The molecule has 1 saturated carbocycles. The molecule has 2 rings (SSSR count). The van der Waals surface area contributed by atoms with Crippen LogP contribution >= 0.6 is 31.9 Å². The maximum atomic E-state index is 4.29. The smallest absolute Gasteiger partial charge is 0.140 e. The number of anilines is 1. The molecule has 1 aromatic heterocycles. The molecule has 1 aliphatic carbocycles. The second-order valence-corrected chi connectivity index (χ2v) is 5.41. The molecule has 0 aromatic carbocycles. The third kappa shape index (κ3) is 2.95. The van der Waals surface area contributed by atoms with Gasteiger partial charge in [-0.1, -0.05) is 12.8 Å². The summed E-state index contributed by atoms with van der Waals surface area (Å²) in [6.45, 7) is 1.03. The fourth-order valence-electron chi connectivity index (χ4n) is 1.35. The molecule has 1 heterocycles. The number of hydrogen-bond acceptors (Lipinski definition) is 2. The minimum atomic E-state index is 0.939. The Bertz CT molecular complexity index is 324. The molecule has 2 nitrogen and oxygen atoms in total. The molecule has 1 N–H and O–H groups in total. The normalized spacial score (nSPS) is 15.6. The van der Waals surface area contributed by atoms with E-state index >= 15 is 0 Å². The van der Waals surface area contributed by atoms with E-state index in [-0.39, 0.29) is 0 Å². The largest absolute Gasteiger partial charge is 0.369 e. The van der Waals surface area contributed by atoms with E-state index in [0.717, 1.165) is 27.2 Å². The molecule has 14 heavy (non-hydrogen) atoms. The molecule has 1 fully saturated rings. The van der Waals surface area contributed by atoms with Crippen molar-refractivity contribution in [2.75, 3.05) is 11.9 Å². The Morgan fingerprint density at radius 2 is 2.21 bits per heavy atom. The van der Waals surface area contributed by atoms with Crippen molar-refractivity contribution >= 4 is 37.7 Å². The zero-order valence-electron chi connectivity index (χ0n) is 7.76. The van der Waals surface area contributed by atoms with Gasteiger partial charge in [-0.25, -0.2) is 4.98 Å². The highest BCUT2D eigenvalue weighted by molar-refractivity contribution is 9.11. The summed E-state index contributed by atoms with van der Waals surface area (Å²) in [5.41, 5.74) is 0. The van der Waals surface area contributed by atoms with E-state index in [2.05, 4.69) is 42.2 Å². The zero-order valence-corrected chi connectivity index (χ0v) is 10.9. The summed E-state index contributed by atoms with van der Waals surface area (Å²) in [6.07, 6.45) is 5.90. The summed E-state index contributed by atoms with van der Waals surface area (Å²) in [5, 5.41) is 3.33. The third-order valence-electron chi connectivity index (χ3n) is 2.35. The van der Waals surface area contributed by atoms with Gasteiger partial charge in [0, 0.05) is 17.2 Å². The van der Waals surface area contributed by atoms with Gasteiger partial charge < -0.3 is 5.32 Å². The number of pyridine rings is 1. The highest BCUT2D eigenvalue weighted by Crippen LogP contribution is 2.32. The van der Waals surface area contributed by atoms with Crippen LogP contribution in [0.3, 0.4) is 0 Å². The number of nitrogens with one attached hydrogen (secondary N) is 1. The molecule has 0 atom stereocenters. The average molecular weight is 320 g/mol. The number of aromatic nitrogens is 1. The molecular formula is C10H12Br2N2. The topological polar surface area (TPSA) is 24.9 Å². The van der Waals surface area contributed by atoms with E-state index in [1.165, 1.54) is 19.3 Å². The summed E-state index contributed by atoms with van der Waals surface area (Å²) in [7, 11) is 0. The molecule has 0 unspecified atom stereocenters. The molecule has 76 valence electrons. The minimum absolute atomic E-state index is 0.939. The Kier molecular flexibility index (Phi) is 3.44. The van der Waals surface area contributed by atoms with Crippen LogP contribution in [0.15, 0.2) is 21.2 Å². The van der Waals surface area contributed by atoms with Crippen molar-refractivity contribution in [2.45, 2.75) is 19.3 Å². The van der Waals surface area contributed by atoms with Gasteiger partial charge in [-0.2, -0.15) is 0 Å². The molecule has 1 aromatic rings. The van der Waals surface area contributed by atoms with Gasteiger partial charge in [-0.3, -0.25) is 0 Å². The second-order valence-electron chi connectivity index (χ2n) is 3.64. The zero-order chi connectivity index (χ0) is 9.97. The first-order valence-electron chi connectivity index (χ1n) is 4.80. The molecule has 0 aliphatic heterocycles. The predicted molar refractivity (Wildman–Crippen MR) is 65.5 cm³/mol. The van der Waals surface area contributed by atoms with Crippen molar-refractivity contribution in [1.29, 1.82) is 0 Å². The first-order valence-corrected chi connectivity index (χ1v) is 6.39. The number of rotatable bonds is 4. The first-order chi connectivity index (χ1) is 6.75. The van der Waals surface area contributed by atoms with Crippen LogP contribution in [-0.4, -0.2) is 11.5 Å². The summed E-state index contributed by atoms with van der Waals surface area (Å²) in [6, 6.07) is 2.01. The van der Waals surface area contributed by atoms with Crippen LogP contribution in [0.4, 0.5) is 5.82 Å². The van der Waals surface area contributed by atoms with Crippen molar-refractivity contribution in [3.05, 3.63) is 21.2 Å². The SMILES string of the molecule is Brc1cnc(NCCC2CC2)c(Br)c1. The van der Waals surface area contributed by atoms with Gasteiger partial charge >= 0.3 is 0 Å². The van der Waals surface area contributed by atoms with E-state index in [1.807, 2.05) is 12.3 Å². The van der Waals surface area contributed by atoms with Crippen molar-refractivity contribution in [2.24, 2.45) is 5.92 Å². The van der Waals surface area contributed by atoms with Crippen molar-refractivity contribution in [3.63, 3.8) is 0 Å². The van der Waals surface area contributed by atoms with E-state index in [9.17, 15) is 0 Å². The molecule has 0 saturated heterocycles. The fourth-order valence-corrected chi connectivity index (χ4v) is 2.47. The van der Waals surface area contributed by atoms with Crippen molar-refractivity contribution in [1.82, 2.24) is 4.98 Å². The molecular weight excluding hydrogens is 308 g/mol.